The highest BCUT2D eigenvalue weighted by molar-refractivity contribution is 5.37. The van der Waals surface area contributed by atoms with Gasteiger partial charge in [0.05, 0.1) is 0 Å². The van der Waals surface area contributed by atoms with Crippen LogP contribution in [-0.4, -0.2) is 6.54 Å². The van der Waals surface area contributed by atoms with Crippen molar-refractivity contribution in [2.24, 2.45) is 5.73 Å². The molecule has 2 aromatic carbocycles. The molecule has 0 aliphatic rings. The molecule has 0 spiro atoms. The van der Waals surface area contributed by atoms with E-state index in [-0.39, 0.29) is 0 Å². The van der Waals surface area contributed by atoms with E-state index in [0.29, 0.717) is 19.1 Å². The summed E-state index contributed by atoms with van der Waals surface area (Å²) in [5, 5.41) is 0. The first-order valence-electron chi connectivity index (χ1n) is 7.62. The highest BCUT2D eigenvalue weighted by atomic mass is 16.5. The molecule has 0 amide bonds. The summed E-state index contributed by atoms with van der Waals surface area (Å²) in [7, 11) is 0. The lowest BCUT2D eigenvalue weighted by atomic mass is 9.98. The molecule has 0 aliphatic carbocycles. The van der Waals surface area contributed by atoms with Crippen molar-refractivity contribution in [2.45, 2.75) is 39.7 Å². The highest BCUT2D eigenvalue weighted by Crippen LogP contribution is 2.24. The van der Waals surface area contributed by atoms with Crippen LogP contribution in [0.1, 0.15) is 42.0 Å². The highest BCUT2D eigenvalue weighted by Gasteiger charge is 2.06. The molecule has 0 radical (unpaired) electrons. The number of rotatable bonds is 6. The van der Waals surface area contributed by atoms with Crippen LogP contribution in [0, 0.1) is 6.92 Å². The summed E-state index contributed by atoms with van der Waals surface area (Å²) in [6.45, 7) is 7.83. The van der Waals surface area contributed by atoms with Gasteiger partial charge in [-0.3, -0.25) is 0 Å². The van der Waals surface area contributed by atoms with Crippen molar-refractivity contribution in [3.05, 3.63) is 64.7 Å². The maximum absolute atomic E-state index is 5.95. The minimum absolute atomic E-state index is 0.546. The molecule has 112 valence electrons. The predicted octanol–water partition coefficient (Wildman–Crippen LogP) is 4.20. The Morgan fingerprint density at radius 2 is 1.76 bits per heavy atom. The zero-order chi connectivity index (χ0) is 15.2. The molecule has 0 unspecified atom stereocenters. The van der Waals surface area contributed by atoms with Gasteiger partial charge in [-0.25, -0.2) is 0 Å². The second-order valence-electron chi connectivity index (χ2n) is 5.77. The van der Waals surface area contributed by atoms with Crippen molar-refractivity contribution in [3.8, 4) is 5.75 Å². The van der Waals surface area contributed by atoms with Crippen LogP contribution in [0.2, 0.25) is 0 Å². The van der Waals surface area contributed by atoms with E-state index in [1.54, 1.807) is 0 Å². The number of hydrogen-bond donors (Lipinski definition) is 1. The Morgan fingerprint density at radius 1 is 1.05 bits per heavy atom. The van der Waals surface area contributed by atoms with Gasteiger partial charge in [-0.1, -0.05) is 44.2 Å². The summed E-state index contributed by atoms with van der Waals surface area (Å²) in [6.07, 6.45) is 0.894. The maximum Gasteiger partial charge on any atom is 0.120 e. The Hall–Kier alpha value is -1.80. The van der Waals surface area contributed by atoms with Gasteiger partial charge in [0.1, 0.15) is 12.4 Å². The number of nitrogens with two attached hydrogens (primary N) is 1. The third-order valence-corrected chi connectivity index (χ3v) is 3.79. The largest absolute Gasteiger partial charge is 0.489 e. The smallest absolute Gasteiger partial charge is 0.120 e. The van der Waals surface area contributed by atoms with Crippen LogP contribution in [0.15, 0.2) is 42.5 Å². The lowest BCUT2D eigenvalue weighted by Gasteiger charge is -2.14. The van der Waals surface area contributed by atoms with Crippen LogP contribution in [0.25, 0.3) is 0 Å². The Balaban J connectivity index is 2.08. The molecule has 0 aliphatic heterocycles. The fourth-order valence-corrected chi connectivity index (χ4v) is 2.64. The minimum Gasteiger partial charge on any atom is -0.489 e. The molecule has 2 rings (SSSR count). The lowest BCUT2D eigenvalue weighted by Crippen LogP contribution is -2.07. The van der Waals surface area contributed by atoms with Crippen molar-refractivity contribution in [2.75, 3.05) is 6.54 Å². The summed E-state index contributed by atoms with van der Waals surface area (Å²) in [5.41, 5.74) is 10.8. The molecular weight excluding hydrogens is 258 g/mol. The van der Waals surface area contributed by atoms with Crippen LogP contribution in [-0.2, 0) is 13.0 Å². The summed E-state index contributed by atoms with van der Waals surface area (Å²) < 4.78 is 5.95. The first-order chi connectivity index (χ1) is 10.1. The lowest BCUT2D eigenvalue weighted by molar-refractivity contribution is 0.304. The van der Waals surface area contributed by atoms with Gasteiger partial charge >= 0.3 is 0 Å². The molecule has 0 aromatic heterocycles. The van der Waals surface area contributed by atoms with Crippen LogP contribution in [0.3, 0.4) is 0 Å². The van der Waals surface area contributed by atoms with Crippen molar-refractivity contribution in [1.82, 2.24) is 0 Å². The fourth-order valence-electron chi connectivity index (χ4n) is 2.64. The van der Waals surface area contributed by atoms with Crippen molar-refractivity contribution < 1.29 is 4.74 Å². The summed E-state index contributed by atoms with van der Waals surface area (Å²) in [4.78, 5) is 0. The molecule has 21 heavy (non-hydrogen) atoms. The third-order valence-electron chi connectivity index (χ3n) is 3.79. The van der Waals surface area contributed by atoms with E-state index >= 15 is 0 Å². The SMILES string of the molecule is Cc1cc(OCc2ccccc2CCN)ccc1C(C)C. The number of ether oxygens (including phenoxy) is 1. The average molecular weight is 283 g/mol. The molecule has 0 fully saturated rings. The molecule has 0 saturated heterocycles. The third kappa shape index (κ3) is 4.08. The number of benzene rings is 2. The van der Waals surface area contributed by atoms with Crippen LogP contribution in [0.4, 0.5) is 0 Å². The quantitative estimate of drug-likeness (QED) is 0.862. The fraction of sp³-hybridized carbons (Fsp3) is 0.368. The summed E-state index contributed by atoms with van der Waals surface area (Å²) in [6, 6.07) is 14.7. The second kappa shape index (κ2) is 7.28. The van der Waals surface area contributed by atoms with Gasteiger partial charge in [0, 0.05) is 0 Å². The van der Waals surface area contributed by atoms with Gasteiger partial charge in [0.2, 0.25) is 0 Å². The average Bonchev–Trinajstić information content (AvgIpc) is 2.46. The van der Waals surface area contributed by atoms with E-state index in [1.165, 1.54) is 22.3 Å². The van der Waals surface area contributed by atoms with E-state index in [0.717, 1.165) is 12.2 Å². The Labute approximate surface area is 127 Å². The molecule has 2 aromatic rings. The van der Waals surface area contributed by atoms with Crippen molar-refractivity contribution in [3.63, 3.8) is 0 Å². The van der Waals surface area contributed by atoms with Gasteiger partial charge in [0.15, 0.2) is 0 Å². The van der Waals surface area contributed by atoms with Crippen LogP contribution >= 0.6 is 0 Å². The van der Waals surface area contributed by atoms with E-state index in [4.69, 9.17) is 10.5 Å². The van der Waals surface area contributed by atoms with Crippen molar-refractivity contribution >= 4 is 0 Å². The Morgan fingerprint density at radius 3 is 2.38 bits per heavy atom. The van der Waals surface area contributed by atoms with Crippen LogP contribution in [0.5, 0.6) is 5.75 Å². The van der Waals surface area contributed by atoms with E-state index < -0.39 is 0 Å². The molecule has 2 heteroatoms. The standard InChI is InChI=1S/C19H25NO/c1-14(2)19-9-8-18(12-15(19)3)21-13-17-7-5-4-6-16(17)10-11-20/h4-9,12,14H,10-11,13,20H2,1-3H3. The molecule has 0 heterocycles. The molecule has 0 atom stereocenters. The van der Waals surface area contributed by atoms with Gasteiger partial charge in [-0.15, -0.1) is 0 Å². The normalized spacial score (nSPS) is 10.9. The minimum atomic E-state index is 0.546. The Kier molecular flexibility index (Phi) is 5.40. The first kappa shape index (κ1) is 15.6. The van der Waals surface area contributed by atoms with E-state index in [2.05, 4.69) is 57.2 Å². The van der Waals surface area contributed by atoms with Gasteiger partial charge in [0.25, 0.3) is 0 Å². The number of aryl methyl sites for hydroxylation is 1. The summed E-state index contributed by atoms with van der Waals surface area (Å²) >= 11 is 0. The molecule has 2 N–H and O–H groups in total. The van der Waals surface area contributed by atoms with Crippen molar-refractivity contribution in [1.29, 1.82) is 0 Å². The molecule has 0 saturated carbocycles. The first-order valence-corrected chi connectivity index (χ1v) is 7.62. The molecule has 2 nitrogen and oxygen atoms in total. The Bertz CT molecular complexity index is 590. The van der Waals surface area contributed by atoms with E-state index in [1.807, 2.05) is 6.07 Å². The van der Waals surface area contributed by atoms with Gasteiger partial charge < -0.3 is 10.5 Å². The van der Waals surface area contributed by atoms with E-state index in [9.17, 15) is 0 Å². The second-order valence-corrected chi connectivity index (χ2v) is 5.77. The van der Waals surface area contributed by atoms with Gasteiger partial charge in [-0.2, -0.15) is 0 Å². The molecular formula is C19H25NO. The monoisotopic (exact) mass is 283 g/mol. The maximum atomic E-state index is 5.95. The predicted molar refractivity (Wildman–Crippen MR) is 88.8 cm³/mol. The summed E-state index contributed by atoms with van der Waals surface area (Å²) in [5.74, 6) is 1.48. The van der Waals surface area contributed by atoms with Gasteiger partial charge in [-0.05, 0) is 60.2 Å². The molecule has 0 bridgehead atoms. The topological polar surface area (TPSA) is 35.2 Å². The zero-order valence-corrected chi connectivity index (χ0v) is 13.2. The zero-order valence-electron chi connectivity index (χ0n) is 13.2. The van der Waals surface area contributed by atoms with Crippen LogP contribution < -0.4 is 10.5 Å². The number of hydrogen-bond acceptors (Lipinski definition) is 2.